The first kappa shape index (κ1) is 42.8. The summed E-state index contributed by atoms with van der Waals surface area (Å²) >= 11 is 1.77. The van der Waals surface area contributed by atoms with Gasteiger partial charge in [0.1, 0.15) is 22.8 Å². The first-order chi connectivity index (χ1) is 23.4. The lowest BCUT2D eigenvalue weighted by Gasteiger charge is -2.12. The largest absolute Gasteiger partial charge is 0.744 e. The molecule has 0 radical (unpaired) electrons. The molecule has 0 amide bonds. The lowest BCUT2D eigenvalue weighted by Crippen LogP contribution is -2.29. The molecule has 3 rings (SSSR count). The number of ether oxygens (including phenoxy) is 3. The number of aryl methyl sites for hydroxylation is 2. The van der Waals surface area contributed by atoms with Gasteiger partial charge in [-0.05, 0) is 44.7 Å². The fourth-order valence-electron chi connectivity index (χ4n) is 5.94. The van der Waals surface area contributed by atoms with E-state index in [0.717, 1.165) is 31.6 Å². The molecule has 0 saturated carbocycles. The molecule has 1 aliphatic rings. The van der Waals surface area contributed by atoms with Crippen LogP contribution in [0.4, 0.5) is 0 Å². The zero-order valence-corrected chi connectivity index (χ0v) is 31.9. The molecule has 1 aromatic carbocycles. The maximum Gasteiger partial charge on any atom is 0.224 e. The van der Waals surface area contributed by atoms with E-state index in [4.69, 9.17) is 14.2 Å². The monoisotopic (exact) mass is 709 g/mol. The molecule has 2 aromatic rings. The molecule has 0 aliphatic carbocycles. The van der Waals surface area contributed by atoms with Gasteiger partial charge < -0.3 is 18.8 Å². The molecule has 0 spiro atoms. The number of rotatable bonds is 28. The third-order valence-corrected chi connectivity index (χ3v) is 10.5. The Morgan fingerprint density at radius 1 is 0.792 bits per heavy atom. The molecule has 2 atom stereocenters. The molecule has 2 heterocycles. The Morgan fingerprint density at radius 3 is 1.88 bits per heavy atom. The number of unbranched alkanes of at least 4 members (excludes halogenated alkanes) is 19. The Morgan fingerprint density at radius 2 is 1.33 bits per heavy atom. The summed E-state index contributed by atoms with van der Waals surface area (Å²) in [6.45, 7) is 7.52. The van der Waals surface area contributed by atoms with Crippen LogP contribution in [0.5, 0.6) is 0 Å². The summed E-state index contributed by atoms with van der Waals surface area (Å²) < 4.78 is 51.2. The minimum atomic E-state index is -4.27. The Kier molecular flexibility index (Phi) is 25.3. The number of aromatic nitrogens is 1. The van der Waals surface area contributed by atoms with Gasteiger partial charge in [0, 0.05) is 13.0 Å². The zero-order valence-electron chi connectivity index (χ0n) is 30.3. The predicted octanol–water partition coefficient (Wildman–Crippen LogP) is 10.3. The highest BCUT2D eigenvalue weighted by Gasteiger charge is 2.25. The van der Waals surface area contributed by atoms with Crippen LogP contribution in [0.25, 0.3) is 0 Å². The van der Waals surface area contributed by atoms with Crippen LogP contribution in [-0.2, 0) is 30.9 Å². The second-order valence-corrected chi connectivity index (χ2v) is 15.6. The van der Waals surface area contributed by atoms with E-state index < -0.39 is 10.1 Å². The Hall–Kier alpha value is -1.36. The quantitative estimate of drug-likeness (QED) is 0.0496. The van der Waals surface area contributed by atoms with Gasteiger partial charge in [-0.1, -0.05) is 145 Å². The Balaban J connectivity index is 0.000000613. The lowest BCUT2D eigenvalue weighted by atomic mass is 10.0. The minimum Gasteiger partial charge on any atom is -0.744 e. The van der Waals surface area contributed by atoms with Crippen molar-refractivity contribution in [3.8, 4) is 0 Å². The molecule has 48 heavy (non-hydrogen) atoms. The second-order valence-electron chi connectivity index (χ2n) is 13.5. The predicted molar refractivity (Wildman–Crippen MR) is 196 cm³/mol. The van der Waals surface area contributed by atoms with Crippen LogP contribution >= 0.6 is 11.3 Å². The second kappa shape index (κ2) is 28.3. The van der Waals surface area contributed by atoms with Gasteiger partial charge in [0.2, 0.25) is 5.51 Å². The number of benzene rings is 1. The van der Waals surface area contributed by atoms with E-state index in [0.29, 0.717) is 13.2 Å². The van der Waals surface area contributed by atoms with E-state index in [-0.39, 0.29) is 17.3 Å². The van der Waals surface area contributed by atoms with E-state index in [1.54, 1.807) is 23.5 Å². The van der Waals surface area contributed by atoms with Gasteiger partial charge in [0.15, 0.2) is 12.5 Å². The third-order valence-electron chi connectivity index (χ3n) is 8.95. The van der Waals surface area contributed by atoms with E-state index in [1.165, 1.54) is 141 Å². The van der Waals surface area contributed by atoms with Crippen molar-refractivity contribution in [2.45, 2.75) is 179 Å². The summed E-state index contributed by atoms with van der Waals surface area (Å²) in [6, 6.07) is 5.78. The summed E-state index contributed by atoms with van der Waals surface area (Å²) in [5.41, 5.74) is 3.12. The van der Waals surface area contributed by atoms with Crippen LogP contribution < -0.4 is 4.57 Å². The zero-order chi connectivity index (χ0) is 34.5. The number of hydrogen-bond donors (Lipinski definition) is 0. The van der Waals surface area contributed by atoms with Gasteiger partial charge in [-0.3, -0.25) is 0 Å². The van der Waals surface area contributed by atoms with Crippen LogP contribution in [0, 0.1) is 6.92 Å². The van der Waals surface area contributed by atoms with Crippen molar-refractivity contribution in [3.63, 3.8) is 0 Å². The highest BCUT2D eigenvalue weighted by molar-refractivity contribution is 7.85. The van der Waals surface area contributed by atoms with Crippen molar-refractivity contribution in [3.05, 3.63) is 46.9 Å². The van der Waals surface area contributed by atoms with Crippen LogP contribution in [0.3, 0.4) is 0 Å². The summed E-state index contributed by atoms with van der Waals surface area (Å²) in [5.74, 6) is 0. The van der Waals surface area contributed by atoms with Crippen molar-refractivity contribution in [2.75, 3.05) is 19.8 Å². The molecule has 0 bridgehead atoms. The number of nitrogens with zero attached hydrogens (tertiary/aromatic N) is 1. The SMILES string of the molecule is CCCCCCCCCCCCCCCCC[C@H]1OC[C@H](COCCCCCCCC[n+]2ccsc2)O1.Cc1ccc(S(=O)(=O)[O-])cc1. The standard InChI is InChI=1S/C32H60NO3S.C7H8O3S/c1-2-3-4-5-6-7-8-9-10-11-12-13-14-17-20-23-32-35-29-31(36-32)28-34-26-22-19-16-15-18-21-24-33-25-27-37-30-33;1-6-2-4-7(5-3-6)11(8,9)10/h25,27,30-32H,2-24,26,28-29H2,1H3;2-5H,1H3,(H,8,9,10)/q+1;/p-1/t31-,32-;/m0./s1. The van der Waals surface area contributed by atoms with Crippen molar-refractivity contribution in [1.82, 2.24) is 0 Å². The molecular formula is C39H67NO6S2. The molecule has 1 aromatic heterocycles. The fraction of sp³-hybridized carbons (Fsp3) is 0.769. The Labute approximate surface area is 297 Å². The van der Waals surface area contributed by atoms with Gasteiger partial charge in [0.05, 0.1) is 23.5 Å². The van der Waals surface area contributed by atoms with Gasteiger partial charge >= 0.3 is 0 Å². The molecule has 1 aliphatic heterocycles. The van der Waals surface area contributed by atoms with Crippen LogP contribution in [0.15, 0.2) is 46.2 Å². The van der Waals surface area contributed by atoms with Gasteiger partial charge in [-0.15, -0.1) is 0 Å². The first-order valence-corrected chi connectivity index (χ1v) is 21.5. The lowest BCUT2D eigenvalue weighted by molar-refractivity contribution is -0.692. The molecular weight excluding hydrogens is 643 g/mol. The molecule has 9 heteroatoms. The molecule has 7 nitrogen and oxygen atoms in total. The van der Waals surface area contributed by atoms with Gasteiger partial charge in [0.25, 0.3) is 0 Å². The normalized spacial score (nSPS) is 16.2. The molecule has 1 saturated heterocycles. The summed E-state index contributed by atoms with van der Waals surface area (Å²) in [7, 11) is -4.27. The third kappa shape index (κ3) is 23.1. The highest BCUT2D eigenvalue weighted by Crippen LogP contribution is 2.19. The van der Waals surface area contributed by atoms with Crippen LogP contribution in [0.2, 0.25) is 0 Å². The maximum absolute atomic E-state index is 10.4. The van der Waals surface area contributed by atoms with Crippen LogP contribution in [0.1, 0.15) is 154 Å². The smallest absolute Gasteiger partial charge is 0.224 e. The van der Waals surface area contributed by atoms with E-state index >= 15 is 0 Å². The summed E-state index contributed by atoms with van der Waals surface area (Å²) in [6.07, 6.45) is 32.2. The molecule has 276 valence electrons. The van der Waals surface area contributed by atoms with Gasteiger partial charge in [-0.25, -0.2) is 8.42 Å². The first-order valence-electron chi connectivity index (χ1n) is 19.2. The van der Waals surface area contributed by atoms with Crippen molar-refractivity contribution >= 4 is 21.5 Å². The fourth-order valence-corrected chi connectivity index (χ4v) is 7.04. The van der Waals surface area contributed by atoms with E-state index in [9.17, 15) is 13.0 Å². The highest BCUT2D eigenvalue weighted by atomic mass is 32.2. The maximum atomic E-state index is 10.4. The van der Waals surface area contributed by atoms with Crippen molar-refractivity contribution < 1.29 is 31.7 Å². The molecule has 0 unspecified atom stereocenters. The molecule has 0 N–H and O–H groups in total. The van der Waals surface area contributed by atoms with E-state index in [2.05, 4.69) is 28.6 Å². The summed E-state index contributed by atoms with van der Waals surface area (Å²) in [5, 5.41) is 2.14. The summed E-state index contributed by atoms with van der Waals surface area (Å²) in [4.78, 5) is -0.178. The average molecular weight is 710 g/mol. The molecule has 1 fully saturated rings. The number of hydrogen-bond acceptors (Lipinski definition) is 7. The van der Waals surface area contributed by atoms with Gasteiger partial charge in [-0.2, -0.15) is 4.57 Å². The topological polar surface area (TPSA) is 88.8 Å². The Bertz CT molecular complexity index is 1090. The van der Waals surface area contributed by atoms with E-state index in [1.807, 2.05) is 6.92 Å². The number of thiazole rings is 1. The average Bonchev–Trinajstić information content (AvgIpc) is 3.76. The van der Waals surface area contributed by atoms with Crippen molar-refractivity contribution in [1.29, 1.82) is 0 Å². The minimum absolute atomic E-state index is 0.00261. The van der Waals surface area contributed by atoms with Crippen molar-refractivity contribution in [2.24, 2.45) is 0 Å². The van der Waals surface area contributed by atoms with Crippen LogP contribution in [-0.4, -0.2) is 45.2 Å².